The Morgan fingerprint density at radius 3 is 2.64 bits per heavy atom. The molecule has 0 saturated carbocycles. The van der Waals surface area contributed by atoms with Gasteiger partial charge in [0, 0.05) is 39.1 Å². The van der Waals surface area contributed by atoms with E-state index < -0.39 is 0 Å². The summed E-state index contributed by atoms with van der Waals surface area (Å²) in [5, 5.41) is 12.2. The van der Waals surface area contributed by atoms with Gasteiger partial charge in [0.25, 0.3) is 0 Å². The molecular weight excluding hydrogens is 229 g/mol. The number of nitrogens with two attached hydrogens (primary N) is 1. The van der Waals surface area contributed by atoms with E-state index in [1.807, 2.05) is 0 Å². The number of hydrogen-bond acceptors (Lipinski definition) is 3. The Kier molecular flexibility index (Phi) is 13.4. The van der Waals surface area contributed by atoms with Gasteiger partial charge in [-0.1, -0.05) is 13.3 Å². The summed E-state index contributed by atoms with van der Waals surface area (Å²) in [6.45, 7) is 4.16. The van der Waals surface area contributed by atoms with E-state index >= 15 is 0 Å². The summed E-state index contributed by atoms with van der Waals surface area (Å²) in [4.78, 5) is 0. The molecule has 0 rings (SSSR count). The van der Waals surface area contributed by atoms with E-state index in [9.17, 15) is 5.11 Å². The molecule has 0 amide bonds. The topological polar surface area (TPSA) is 58.3 Å². The van der Waals surface area contributed by atoms with Crippen LogP contribution in [-0.4, -0.2) is 30.8 Å². The maximum atomic E-state index is 9.17. The van der Waals surface area contributed by atoms with E-state index in [0.29, 0.717) is 13.1 Å². The van der Waals surface area contributed by atoms with Crippen LogP contribution in [0, 0.1) is 0 Å². The first-order valence-corrected chi connectivity index (χ1v) is 3.90. The van der Waals surface area contributed by atoms with Crippen LogP contribution < -0.4 is 11.1 Å². The predicted molar refractivity (Wildman–Crippen MR) is 42.8 cm³/mol. The zero-order valence-electron chi connectivity index (χ0n) is 6.99. The summed E-state index contributed by atoms with van der Waals surface area (Å²) < 4.78 is 0. The molecule has 1 atom stereocenters. The molecular formula is C7H18N2ORu. The van der Waals surface area contributed by atoms with Gasteiger partial charge in [0.1, 0.15) is 0 Å². The Labute approximate surface area is 81.5 Å². The minimum absolute atomic E-state index is 0. The Balaban J connectivity index is 0. The Hall–Kier alpha value is 0.503. The second kappa shape index (κ2) is 10.5. The van der Waals surface area contributed by atoms with Crippen LogP contribution in [0.25, 0.3) is 0 Å². The summed E-state index contributed by atoms with van der Waals surface area (Å²) in [6, 6.07) is 0. The van der Waals surface area contributed by atoms with Gasteiger partial charge < -0.3 is 16.2 Å². The molecule has 11 heavy (non-hydrogen) atoms. The van der Waals surface area contributed by atoms with Gasteiger partial charge in [-0.3, -0.25) is 0 Å². The first kappa shape index (κ1) is 14.1. The molecule has 0 aliphatic rings. The van der Waals surface area contributed by atoms with Crippen LogP contribution in [0.5, 0.6) is 0 Å². The minimum Gasteiger partial charge on any atom is -0.392 e. The quantitative estimate of drug-likeness (QED) is 0.446. The van der Waals surface area contributed by atoms with Gasteiger partial charge >= 0.3 is 0 Å². The normalized spacial score (nSPS) is 12.3. The molecule has 0 heterocycles. The van der Waals surface area contributed by atoms with Gasteiger partial charge in [-0.2, -0.15) is 0 Å². The van der Waals surface area contributed by atoms with E-state index in [2.05, 4.69) is 12.2 Å². The maximum Gasteiger partial charge on any atom is 0.0664 e. The molecule has 70 valence electrons. The fourth-order valence-corrected chi connectivity index (χ4v) is 0.806. The second-order valence-electron chi connectivity index (χ2n) is 2.44. The van der Waals surface area contributed by atoms with Gasteiger partial charge in [-0.15, -0.1) is 0 Å². The zero-order chi connectivity index (χ0) is 7.82. The van der Waals surface area contributed by atoms with Gasteiger partial charge in [0.05, 0.1) is 6.10 Å². The van der Waals surface area contributed by atoms with Crippen LogP contribution in [0.2, 0.25) is 0 Å². The third-order valence-corrected chi connectivity index (χ3v) is 1.32. The van der Waals surface area contributed by atoms with Crippen molar-refractivity contribution in [3.63, 3.8) is 0 Å². The van der Waals surface area contributed by atoms with Crippen molar-refractivity contribution in [1.82, 2.24) is 5.32 Å². The number of aliphatic hydroxyl groups is 1. The number of rotatable bonds is 6. The fraction of sp³-hybridized carbons (Fsp3) is 1.00. The minimum atomic E-state index is -0.198. The Bertz CT molecular complexity index is 73.5. The van der Waals surface area contributed by atoms with Crippen LogP contribution in [0.1, 0.15) is 19.8 Å². The van der Waals surface area contributed by atoms with Crippen LogP contribution in [0.3, 0.4) is 0 Å². The Morgan fingerprint density at radius 1 is 1.55 bits per heavy atom. The zero-order valence-corrected chi connectivity index (χ0v) is 8.73. The second-order valence-corrected chi connectivity index (χ2v) is 2.44. The standard InChI is InChI=1S/C7H18N2O.Ru/c1-2-3-7(10)6-9-5-4-8;/h7,9-10H,2-6,8H2,1H3;. The van der Waals surface area contributed by atoms with Crippen molar-refractivity contribution in [2.75, 3.05) is 19.6 Å². The van der Waals surface area contributed by atoms with Crippen LogP contribution in [-0.2, 0) is 19.5 Å². The van der Waals surface area contributed by atoms with Gasteiger partial charge in [0.2, 0.25) is 0 Å². The number of aliphatic hydroxyl groups excluding tert-OH is 1. The molecule has 3 nitrogen and oxygen atoms in total. The predicted octanol–water partition coefficient (Wildman–Crippen LogP) is -0.307. The smallest absolute Gasteiger partial charge is 0.0664 e. The van der Waals surface area contributed by atoms with Crippen LogP contribution >= 0.6 is 0 Å². The summed E-state index contributed by atoms with van der Waals surface area (Å²) in [6.07, 6.45) is 1.71. The molecule has 0 aliphatic heterocycles. The van der Waals surface area contributed by atoms with Gasteiger partial charge in [0.15, 0.2) is 0 Å². The van der Waals surface area contributed by atoms with E-state index in [1.165, 1.54) is 0 Å². The molecule has 0 aliphatic carbocycles. The van der Waals surface area contributed by atoms with E-state index in [-0.39, 0.29) is 25.6 Å². The van der Waals surface area contributed by atoms with Crippen molar-refractivity contribution >= 4 is 0 Å². The largest absolute Gasteiger partial charge is 0.392 e. The van der Waals surface area contributed by atoms with Crippen molar-refractivity contribution < 1.29 is 24.6 Å². The molecule has 0 aromatic carbocycles. The molecule has 4 N–H and O–H groups in total. The molecule has 0 bridgehead atoms. The van der Waals surface area contributed by atoms with Crippen molar-refractivity contribution in [1.29, 1.82) is 0 Å². The molecule has 0 spiro atoms. The first-order chi connectivity index (χ1) is 4.81. The van der Waals surface area contributed by atoms with Crippen molar-refractivity contribution in [3.05, 3.63) is 0 Å². The van der Waals surface area contributed by atoms with Crippen LogP contribution in [0.15, 0.2) is 0 Å². The number of hydrogen-bond donors (Lipinski definition) is 3. The summed E-state index contributed by atoms with van der Waals surface area (Å²) in [5.74, 6) is 0. The summed E-state index contributed by atoms with van der Waals surface area (Å²) in [5.41, 5.74) is 5.24. The average molecular weight is 247 g/mol. The van der Waals surface area contributed by atoms with E-state index in [1.54, 1.807) is 0 Å². The molecule has 0 radical (unpaired) electrons. The van der Waals surface area contributed by atoms with Gasteiger partial charge in [-0.25, -0.2) is 0 Å². The van der Waals surface area contributed by atoms with E-state index in [0.717, 1.165) is 19.4 Å². The maximum absolute atomic E-state index is 9.17. The summed E-state index contributed by atoms with van der Waals surface area (Å²) in [7, 11) is 0. The molecule has 0 aromatic heterocycles. The van der Waals surface area contributed by atoms with E-state index in [4.69, 9.17) is 5.73 Å². The molecule has 4 heteroatoms. The van der Waals surface area contributed by atoms with Crippen molar-refractivity contribution in [2.24, 2.45) is 5.73 Å². The SMILES string of the molecule is CCCC(O)CNCCN.[Ru]. The Morgan fingerprint density at radius 2 is 2.18 bits per heavy atom. The molecule has 0 saturated heterocycles. The number of nitrogens with one attached hydrogen (secondary N) is 1. The monoisotopic (exact) mass is 248 g/mol. The average Bonchev–Trinajstić information content (AvgIpc) is 1.89. The van der Waals surface area contributed by atoms with Crippen molar-refractivity contribution in [2.45, 2.75) is 25.9 Å². The van der Waals surface area contributed by atoms with Gasteiger partial charge in [-0.05, 0) is 6.42 Å². The molecule has 1 unspecified atom stereocenters. The first-order valence-electron chi connectivity index (χ1n) is 3.90. The third kappa shape index (κ3) is 10.5. The third-order valence-electron chi connectivity index (χ3n) is 1.32. The van der Waals surface area contributed by atoms with Crippen molar-refractivity contribution in [3.8, 4) is 0 Å². The fourth-order valence-electron chi connectivity index (χ4n) is 0.806. The van der Waals surface area contributed by atoms with Crippen LogP contribution in [0.4, 0.5) is 0 Å². The molecule has 0 fully saturated rings. The molecule has 0 aromatic rings. The summed E-state index contributed by atoms with van der Waals surface area (Å²) >= 11 is 0.